The molecule has 0 bridgehead atoms. The van der Waals surface area contributed by atoms with Gasteiger partial charge in [-0.1, -0.05) is 6.07 Å². The zero-order valence-corrected chi connectivity index (χ0v) is 9.24. The van der Waals surface area contributed by atoms with Crippen molar-refractivity contribution in [2.24, 2.45) is 7.05 Å². The van der Waals surface area contributed by atoms with Crippen molar-refractivity contribution < 1.29 is 0 Å². The van der Waals surface area contributed by atoms with Crippen molar-refractivity contribution in [1.82, 2.24) is 19.3 Å². The van der Waals surface area contributed by atoms with Crippen LogP contribution in [0.2, 0.25) is 0 Å². The minimum atomic E-state index is -0.151. The molecule has 0 aliphatic rings. The molecule has 3 aromatic heterocycles. The van der Waals surface area contributed by atoms with E-state index < -0.39 is 0 Å². The Labute approximate surface area is 97.0 Å². The normalized spacial score (nSPS) is 10.9. The highest BCUT2D eigenvalue weighted by atomic mass is 16.1. The van der Waals surface area contributed by atoms with Crippen molar-refractivity contribution in [1.29, 1.82) is 0 Å². The van der Waals surface area contributed by atoms with Crippen LogP contribution in [0, 0.1) is 0 Å². The summed E-state index contributed by atoms with van der Waals surface area (Å²) in [7, 11) is 1.88. The molecule has 0 aliphatic carbocycles. The van der Waals surface area contributed by atoms with E-state index in [0.29, 0.717) is 11.2 Å². The molecule has 3 aromatic rings. The Morgan fingerprint density at radius 1 is 1.24 bits per heavy atom. The van der Waals surface area contributed by atoms with Crippen molar-refractivity contribution in [3.63, 3.8) is 0 Å². The Kier molecular flexibility index (Phi) is 2.04. The summed E-state index contributed by atoms with van der Waals surface area (Å²) in [6, 6.07) is 5.38. The third-order valence-corrected chi connectivity index (χ3v) is 2.59. The number of aromatic nitrogens is 4. The van der Waals surface area contributed by atoms with Gasteiger partial charge in [-0.3, -0.25) is 4.79 Å². The van der Waals surface area contributed by atoms with Gasteiger partial charge in [-0.25, -0.2) is 4.98 Å². The maximum atomic E-state index is 12.2. The van der Waals surface area contributed by atoms with Gasteiger partial charge in [-0.2, -0.15) is 9.78 Å². The molecule has 17 heavy (non-hydrogen) atoms. The Morgan fingerprint density at radius 3 is 2.88 bits per heavy atom. The van der Waals surface area contributed by atoms with E-state index in [1.54, 1.807) is 30.7 Å². The molecular weight excluding hydrogens is 216 g/mol. The third kappa shape index (κ3) is 1.52. The second-order valence-corrected chi connectivity index (χ2v) is 3.84. The molecule has 5 heteroatoms. The maximum absolute atomic E-state index is 12.2. The molecule has 0 spiro atoms. The molecule has 3 rings (SSSR count). The van der Waals surface area contributed by atoms with Gasteiger partial charge in [0.25, 0.3) is 5.56 Å². The van der Waals surface area contributed by atoms with Crippen molar-refractivity contribution in [3.8, 4) is 5.82 Å². The van der Waals surface area contributed by atoms with Gasteiger partial charge in [-0.15, -0.1) is 0 Å². The molecule has 0 unspecified atom stereocenters. The van der Waals surface area contributed by atoms with Crippen LogP contribution in [0.4, 0.5) is 0 Å². The average Bonchev–Trinajstić information content (AvgIpc) is 2.72. The van der Waals surface area contributed by atoms with Crippen LogP contribution >= 0.6 is 0 Å². The fourth-order valence-electron chi connectivity index (χ4n) is 1.81. The number of aryl methyl sites for hydroxylation is 1. The summed E-state index contributed by atoms with van der Waals surface area (Å²) >= 11 is 0. The van der Waals surface area contributed by atoms with Crippen LogP contribution in [0.1, 0.15) is 0 Å². The molecule has 84 valence electrons. The van der Waals surface area contributed by atoms with Gasteiger partial charge >= 0.3 is 0 Å². The van der Waals surface area contributed by atoms with Crippen LogP contribution in [-0.4, -0.2) is 19.3 Å². The van der Waals surface area contributed by atoms with Gasteiger partial charge in [0.2, 0.25) is 0 Å². The Balaban J connectivity index is 2.32. The van der Waals surface area contributed by atoms with Gasteiger partial charge in [0.1, 0.15) is 0 Å². The third-order valence-electron chi connectivity index (χ3n) is 2.59. The zero-order valence-electron chi connectivity index (χ0n) is 9.24. The molecule has 0 fully saturated rings. The minimum Gasteiger partial charge on any atom is -0.356 e. The number of fused-ring (bicyclic) bond motifs is 1. The zero-order chi connectivity index (χ0) is 11.8. The van der Waals surface area contributed by atoms with Gasteiger partial charge in [0, 0.05) is 31.0 Å². The van der Waals surface area contributed by atoms with Gasteiger partial charge < -0.3 is 4.57 Å². The fraction of sp³-hybridized carbons (Fsp3) is 0.0833. The SMILES string of the molecule is Cn1cc2cnn(-c3ccccn3)c(=O)c2c1. The number of rotatable bonds is 1. The van der Waals surface area contributed by atoms with E-state index in [-0.39, 0.29) is 5.56 Å². The van der Waals surface area contributed by atoms with Crippen LogP contribution in [0.15, 0.2) is 47.8 Å². The van der Waals surface area contributed by atoms with E-state index >= 15 is 0 Å². The summed E-state index contributed by atoms with van der Waals surface area (Å²) in [6.07, 6.45) is 6.97. The Hall–Kier alpha value is -2.43. The van der Waals surface area contributed by atoms with E-state index in [1.807, 2.05) is 23.9 Å². The molecule has 0 saturated carbocycles. The average molecular weight is 226 g/mol. The highest BCUT2D eigenvalue weighted by Crippen LogP contribution is 2.09. The summed E-state index contributed by atoms with van der Waals surface area (Å²) in [4.78, 5) is 16.3. The summed E-state index contributed by atoms with van der Waals surface area (Å²) in [5.74, 6) is 0.531. The lowest BCUT2D eigenvalue weighted by Crippen LogP contribution is -2.21. The largest absolute Gasteiger partial charge is 0.356 e. The van der Waals surface area contributed by atoms with E-state index in [1.165, 1.54) is 4.68 Å². The van der Waals surface area contributed by atoms with Crippen molar-refractivity contribution in [2.45, 2.75) is 0 Å². The first-order chi connectivity index (χ1) is 8.25. The van der Waals surface area contributed by atoms with Crippen molar-refractivity contribution >= 4 is 10.8 Å². The van der Waals surface area contributed by atoms with E-state index in [0.717, 1.165) is 5.39 Å². The second-order valence-electron chi connectivity index (χ2n) is 3.84. The topological polar surface area (TPSA) is 52.7 Å². The summed E-state index contributed by atoms with van der Waals surface area (Å²) < 4.78 is 3.15. The summed E-state index contributed by atoms with van der Waals surface area (Å²) in [6.45, 7) is 0. The van der Waals surface area contributed by atoms with Crippen molar-refractivity contribution in [3.05, 3.63) is 53.3 Å². The highest BCUT2D eigenvalue weighted by molar-refractivity contribution is 5.80. The quantitative estimate of drug-likeness (QED) is 0.624. The first-order valence-electron chi connectivity index (χ1n) is 5.21. The standard InChI is InChI=1S/C12H10N4O/c1-15-7-9-6-14-16(12(17)10(9)8-15)11-4-2-3-5-13-11/h2-8H,1H3. The van der Waals surface area contributed by atoms with Crippen molar-refractivity contribution in [2.75, 3.05) is 0 Å². The monoisotopic (exact) mass is 226 g/mol. The molecule has 0 aliphatic heterocycles. The molecule has 0 saturated heterocycles. The molecule has 0 amide bonds. The van der Waals surface area contributed by atoms with Gasteiger partial charge in [0.05, 0.1) is 11.6 Å². The first-order valence-corrected chi connectivity index (χ1v) is 5.21. The number of nitrogens with zero attached hydrogens (tertiary/aromatic N) is 4. The lowest BCUT2D eigenvalue weighted by molar-refractivity contribution is 0.794. The Morgan fingerprint density at radius 2 is 2.12 bits per heavy atom. The lowest BCUT2D eigenvalue weighted by Gasteiger charge is -2.01. The van der Waals surface area contributed by atoms with Gasteiger partial charge in [-0.05, 0) is 12.1 Å². The number of hydrogen-bond acceptors (Lipinski definition) is 3. The predicted octanol–water partition coefficient (Wildman–Crippen LogP) is 1.12. The van der Waals surface area contributed by atoms with Crippen LogP contribution in [0.5, 0.6) is 0 Å². The van der Waals surface area contributed by atoms with Gasteiger partial charge in [0.15, 0.2) is 5.82 Å². The Bertz CT molecular complexity index is 727. The number of pyridine rings is 1. The molecule has 0 radical (unpaired) electrons. The molecule has 3 heterocycles. The summed E-state index contributed by atoms with van der Waals surface area (Å²) in [5, 5.41) is 5.60. The van der Waals surface area contributed by atoms with Crippen LogP contribution in [-0.2, 0) is 7.05 Å². The maximum Gasteiger partial charge on any atom is 0.282 e. The molecule has 5 nitrogen and oxygen atoms in total. The molecule has 0 aromatic carbocycles. The minimum absolute atomic E-state index is 0.151. The number of hydrogen-bond donors (Lipinski definition) is 0. The fourth-order valence-corrected chi connectivity index (χ4v) is 1.81. The smallest absolute Gasteiger partial charge is 0.282 e. The van der Waals surface area contributed by atoms with Crippen LogP contribution in [0.25, 0.3) is 16.6 Å². The summed E-state index contributed by atoms with van der Waals surface area (Å²) in [5.41, 5.74) is -0.151. The second kappa shape index (κ2) is 3.55. The van der Waals surface area contributed by atoms with Crippen LogP contribution < -0.4 is 5.56 Å². The predicted molar refractivity (Wildman–Crippen MR) is 64.1 cm³/mol. The molecular formula is C12H10N4O. The lowest BCUT2D eigenvalue weighted by atomic mass is 10.3. The molecule has 0 N–H and O–H groups in total. The van der Waals surface area contributed by atoms with E-state index in [2.05, 4.69) is 10.1 Å². The van der Waals surface area contributed by atoms with E-state index in [4.69, 9.17) is 0 Å². The first kappa shape index (κ1) is 9.77. The van der Waals surface area contributed by atoms with E-state index in [9.17, 15) is 4.79 Å². The molecule has 0 atom stereocenters. The van der Waals surface area contributed by atoms with Crippen LogP contribution in [0.3, 0.4) is 0 Å². The highest BCUT2D eigenvalue weighted by Gasteiger charge is 2.07.